The number of rotatable bonds is 10. The predicted molar refractivity (Wildman–Crippen MR) is 204 cm³/mol. The van der Waals surface area contributed by atoms with Crippen molar-refractivity contribution in [3.8, 4) is 11.1 Å². The van der Waals surface area contributed by atoms with Gasteiger partial charge in [0.15, 0.2) is 11.6 Å². The second-order valence-electron chi connectivity index (χ2n) is 14.1. The largest absolute Gasteiger partial charge is 0.481 e. The molecule has 2 fully saturated rings. The molecule has 6 heterocycles. The number of hydrogen-bond donors (Lipinski definition) is 4. The topological polar surface area (TPSA) is 140 Å². The third-order valence-electron chi connectivity index (χ3n) is 10.5. The summed E-state index contributed by atoms with van der Waals surface area (Å²) in [6, 6.07) is 20.8. The molecule has 6 aromatic rings. The lowest BCUT2D eigenvalue weighted by Crippen LogP contribution is -2.22. The first kappa shape index (κ1) is 33.6. The van der Waals surface area contributed by atoms with Crippen molar-refractivity contribution in [2.45, 2.75) is 45.9 Å². The molecule has 0 radical (unpaired) electrons. The van der Waals surface area contributed by atoms with Gasteiger partial charge in [0, 0.05) is 79.7 Å². The zero-order valence-electron chi connectivity index (χ0n) is 29.4. The molecule has 2 saturated heterocycles. The quantitative estimate of drug-likeness (QED) is 0.120. The van der Waals surface area contributed by atoms with Crippen molar-refractivity contribution in [3.63, 3.8) is 0 Å². The number of carboxylic acids is 1. The van der Waals surface area contributed by atoms with Crippen molar-refractivity contribution < 1.29 is 15.0 Å². The van der Waals surface area contributed by atoms with E-state index in [0.29, 0.717) is 37.7 Å². The highest BCUT2D eigenvalue weighted by atomic mass is 16.4. The third kappa shape index (κ3) is 6.90. The number of aromatic nitrogens is 4. The molecular weight excluding hydrogens is 653 g/mol. The van der Waals surface area contributed by atoms with Crippen molar-refractivity contribution in [2.24, 2.45) is 5.92 Å². The normalized spacial score (nSPS) is 18.0. The highest BCUT2D eigenvalue weighted by Crippen LogP contribution is 2.36. The van der Waals surface area contributed by atoms with Crippen LogP contribution in [0.3, 0.4) is 0 Å². The number of likely N-dealkylation sites (tertiary alicyclic amines) is 2. The van der Waals surface area contributed by atoms with Gasteiger partial charge in [0.1, 0.15) is 11.0 Å². The number of benzene rings is 2. The number of hydrogen-bond acceptors (Lipinski definition) is 10. The molecule has 0 bridgehead atoms. The maximum absolute atomic E-state index is 11.4. The number of β-amino-alcohol motifs (C(OH)–C–C–N with tert-alkyl or cyclic N) is 1. The van der Waals surface area contributed by atoms with Gasteiger partial charge < -0.3 is 20.8 Å². The molecular formula is C41H42N8O3. The summed E-state index contributed by atoms with van der Waals surface area (Å²) in [6.45, 7) is 8.61. The molecule has 2 unspecified atom stereocenters. The van der Waals surface area contributed by atoms with E-state index in [9.17, 15) is 15.0 Å². The highest BCUT2D eigenvalue weighted by Gasteiger charge is 2.28. The first-order valence-electron chi connectivity index (χ1n) is 17.9. The minimum Gasteiger partial charge on any atom is -0.481 e. The Labute approximate surface area is 302 Å². The van der Waals surface area contributed by atoms with E-state index in [4.69, 9.17) is 9.97 Å². The van der Waals surface area contributed by atoms with Gasteiger partial charge >= 0.3 is 5.97 Å². The van der Waals surface area contributed by atoms with E-state index in [-0.39, 0.29) is 12.0 Å². The number of nitrogens with zero attached hydrogens (tertiary/aromatic N) is 6. The Balaban J connectivity index is 1.02. The molecule has 2 aliphatic rings. The minimum absolute atomic E-state index is 0.243. The minimum atomic E-state index is -0.721. The lowest BCUT2D eigenvalue weighted by Gasteiger charge is -2.18. The average Bonchev–Trinajstić information content (AvgIpc) is 3.79. The molecule has 52 heavy (non-hydrogen) atoms. The molecule has 2 atom stereocenters. The Kier molecular flexibility index (Phi) is 9.23. The van der Waals surface area contributed by atoms with Crippen molar-refractivity contribution >= 4 is 50.8 Å². The summed E-state index contributed by atoms with van der Waals surface area (Å²) in [5.41, 5.74) is 10.0. The molecule has 0 amide bonds. The number of pyridine rings is 4. The summed E-state index contributed by atoms with van der Waals surface area (Å²) in [4.78, 5) is 34.8. The standard InChI is InChI=1S/C41H42N8O3/c1-25-33(5-3-7-35(25)46-39-37-29(9-13-42-39)17-27(19-44-37)21-48-15-11-31(23-48)41(51)52)34-6-4-8-36(26(34)2)47-40-38-30(10-14-43-40)18-28(20-45-38)22-49-16-12-32(50)24-49/h3-10,13-14,17-20,31-32,50H,11-12,15-16,21-24H2,1-2H3,(H,42,46)(H,43,47)(H,51,52). The van der Waals surface area contributed by atoms with E-state index < -0.39 is 5.97 Å². The molecule has 0 spiro atoms. The van der Waals surface area contributed by atoms with Crippen LogP contribution in [0.2, 0.25) is 0 Å². The lowest BCUT2D eigenvalue weighted by atomic mass is 9.94. The first-order chi connectivity index (χ1) is 25.3. The van der Waals surface area contributed by atoms with Crippen molar-refractivity contribution in [2.75, 3.05) is 36.8 Å². The van der Waals surface area contributed by atoms with Gasteiger partial charge in [0.25, 0.3) is 0 Å². The van der Waals surface area contributed by atoms with Crippen LogP contribution in [-0.4, -0.2) is 78.2 Å². The molecule has 0 aliphatic carbocycles. The van der Waals surface area contributed by atoms with Gasteiger partial charge in [-0.25, -0.2) is 9.97 Å². The first-order valence-corrected chi connectivity index (χ1v) is 17.9. The van der Waals surface area contributed by atoms with Gasteiger partial charge in [-0.2, -0.15) is 0 Å². The van der Waals surface area contributed by atoms with Crippen LogP contribution in [0, 0.1) is 19.8 Å². The van der Waals surface area contributed by atoms with Crippen LogP contribution in [0.15, 0.2) is 85.5 Å². The van der Waals surface area contributed by atoms with Crippen LogP contribution in [0.1, 0.15) is 35.1 Å². The number of carbonyl (C=O) groups is 1. The summed E-state index contributed by atoms with van der Waals surface area (Å²) in [6.07, 6.45) is 8.64. The van der Waals surface area contributed by atoms with Crippen LogP contribution < -0.4 is 10.6 Å². The summed E-state index contributed by atoms with van der Waals surface area (Å²) in [7, 11) is 0. The molecule has 4 N–H and O–H groups in total. The van der Waals surface area contributed by atoms with Gasteiger partial charge in [-0.1, -0.05) is 24.3 Å². The fraction of sp³-hybridized carbons (Fsp3) is 0.293. The molecule has 264 valence electrons. The van der Waals surface area contributed by atoms with Gasteiger partial charge in [-0.15, -0.1) is 0 Å². The summed E-state index contributed by atoms with van der Waals surface area (Å²) in [5, 5.41) is 28.4. The predicted octanol–water partition coefficient (Wildman–Crippen LogP) is 6.82. The smallest absolute Gasteiger partial charge is 0.307 e. The molecule has 8 rings (SSSR count). The average molecular weight is 695 g/mol. The molecule has 11 heteroatoms. The van der Waals surface area contributed by atoms with E-state index in [2.05, 4.69) is 92.8 Å². The van der Waals surface area contributed by atoms with Crippen LogP contribution in [0.4, 0.5) is 23.0 Å². The van der Waals surface area contributed by atoms with Crippen LogP contribution >= 0.6 is 0 Å². The summed E-state index contributed by atoms with van der Waals surface area (Å²) >= 11 is 0. The fourth-order valence-electron chi connectivity index (χ4n) is 7.60. The molecule has 4 aromatic heterocycles. The lowest BCUT2D eigenvalue weighted by molar-refractivity contribution is -0.141. The Morgan fingerprint density at radius 1 is 0.731 bits per heavy atom. The second kappa shape index (κ2) is 14.3. The maximum atomic E-state index is 11.4. The number of fused-ring (bicyclic) bond motifs is 2. The van der Waals surface area contributed by atoms with E-state index in [1.54, 1.807) is 6.20 Å². The Morgan fingerprint density at radius 2 is 1.25 bits per heavy atom. The zero-order valence-corrected chi connectivity index (χ0v) is 29.4. The van der Waals surface area contributed by atoms with Gasteiger partial charge in [-0.05, 0) is 103 Å². The maximum Gasteiger partial charge on any atom is 0.307 e. The Bertz CT molecular complexity index is 2300. The monoisotopic (exact) mass is 694 g/mol. The van der Waals surface area contributed by atoms with Gasteiger partial charge in [-0.3, -0.25) is 24.6 Å². The SMILES string of the molecule is Cc1c(Nc2nccc3cc(CN4CCC(O)C4)cnc23)cccc1-c1cccc(Nc2nccc3cc(CN4CCC(C(=O)O)C4)cnc23)c1C. The van der Waals surface area contributed by atoms with Crippen molar-refractivity contribution in [1.29, 1.82) is 0 Å². The third-order valence-corrected chi connectivity index (χ3v) is 10.5. The molecule has 0 saturated carbocycles. The van der Waals surface area contributed by atoms with E-state index >= 15 is 0 Å². The van der Waals surface area contributed by atoms with E-state index in [0.717, 1.165) is 92.6 Å². The van der Waals surface area contributed by atoms with Gasteiger partial charge in [0.2, 0.25) is 0 Å². The van der Waals surface area contributed by atoms with Crippen molar-refractivity contribution in [1.82, 2.24) is 29.7 Å². The zero-order chi connectivity index (χ0) is 35.8. The number of aliphatic carboxylic acids is 1. The van der Waals surface area contributed by atoms with Gasteiger partial charge in [0.05, 0.1) is 12.0 Å². The molecule has 2 aromatic carbocycles. The number of carboxylic acid groups (broad SMARTS) is 1. The number of aliphatic hydroxyl groups is 1. The number of nitrogens with one attached hydrogen (secondary N) is 2. The second-order valence-corrected chi connectivity index (χ2v) is 14.1. The Hall–Kier alpha value is -5.49. The molecule has 11 nitrogen and oxygen atoms in total. The Morgan fingerprint density at radius 3 is 1.73 bits per heavy atom. The van der Waals surface area contributed by atoms with Crippen molar-refractivity contribution in [3.05, 3.63) is 108 Å². The van der Waals surface area contributed by atoms with Crippen LogP contribution in [-0.2, 0) is 17.9 Å². The van der Waals surface area contributed by atoms with E-state index in [1.807, 2.05) is 30.7 Å². The molecule has 2 aliphatic heterocycles. The summed E-state index contributed by atoms with van der Waals surface area (Å²) in [5.74, 6) is 0.362. The number of anilines is 4. The fourth-order valence-corrected chi connectivity index (χ4v) is 7.60. The number of aliphatic hydroxyl groups excluding tert-OH is 1. The summed E-state index contributed by atoms with van der Waals surface area (Å²) < 4.78 is 0. The van der Waals surface area contributed by atoms with Crippen LogP contribution in [0.5, 0.6) is 0 Å². The van der Waals surface area contributed by atoms with Crippen LogP contribution in [0.25, 0.3) is 32.9 Å². The van der Waals surface area contributed by atoms with E-state index in [1.165, 1.54) is 0 Å². The highest BCUT2D eigenvalue weighted by molar-refractivity contribution is 5.92.